The summed E-state index contributed by atoms with van der Waals surface area (Å²) < 4.78 is 13.4. The summed E-state index contributed by atoms with van der Waals surface area (Å²) in [7, 11) is 0. The van der Waals surface area contributed by atoms with Crippen LogP contribution in [0.15, 0.2) is 53.4 Å². The zero-order chi connectivity index (χ0) is 21.6. The van der Waals surface area contributed by atoms with Gasteiger partial charge in [-0.25, -0.2) is 9.37 Å². The molecule has 3 aromatic rings. The van der Waals surface area contributed by atoms with E-state index in [9.17, 15) is 9.50 Å². The molecular weight excluding hydrogens is 409 g/mol. The second-order valence-corrected chi connectivity index (χ2v) is 9.10. The van der Waals surface area contributed by atoms with Crippen molar-refractivity contribution >= 4 is 28.5 Å². The van der Waals surface area contributed by atoms with Crippen molar-refractivity contribution in [2.24, 2.45) is 5.92 Å². The number of anilines is 1. The van der Waals surface area contributed by atoms with Crippen LogP contribution in [0.25, 0.3) is 10.9 Å². The second-order valence-electron chi connectivity index (χ2n) is 8.22. The lowest BCUT2D eigenvalue weighted by Crippen LogP contribution is -2.38. The Kier molecular flexibility index (Phi) is 7.43. The van der Waals surface area contributed by atoms with Gasteiger partial charge in [-0.1, -0.05) is 18.2 Å². The van der Waals surface area contributed by atoms with Gasteiger partial charge in [0.1, 0.15) is 11.6 Å². The van der Waals surface area contributed by atoms with E-state index in [2.05, 4.69) is 40.7 Å². The highest BCUT2D eigenvalue weighted by Gasteiger charge is 2.22. The molecule has 1 aromatic heterocycles. The molecule has 1 aliphatic rings. The monoisotopic (exact) mass is 439 g/mol. The van der Waals surface area contributed by atoms with Gasteiger partial charge in [0.2, 0.25) is 0 Å². The van der Waals surface area contributed by atoms with Crippen molar-refractivity contribution in [3.8, 4) is 0 Å². The molecule has 6 heteroatoms. The minimum absolute atomic E-state index is 0.188. The Morgan fingerprint density at radius 1 is 1.23 bits per heavy atom. The lowest BCUT2D eigenvalue weighted by molar-refractivity contribution is 0.208. The maximum Gasteiger partial charge on any atom is 0.133 e. The van der Waals surface area contributed by atoms with Crippen molar-refractivity contribution in [1.29, 1.82) is 0 Å². The maximum atomic E-state index is 13.4. The maximum absolute atomic E-state index is 13.4. The molecule has 164 valence electrons. The van der Waals surface area contributed by atoms with Crippen LogP contribution in [0, 0.1) is 11.7 Å². The smallest absolute Gasteiger partial charge is 0.133 e. The van der Waals surface area contributed by atoms with Gasteiger partial charge in [-0.2, -0.15) is 0 Å². The molecule has 1 aliphatic heterocycles. The minimum atomic E-state index is -0.188. The number of thioether (sulfide) groups is 1. The van der Waals surface area contributed by atoms with Crippen molar-refractivity contribution in [2.45, 2.75) is 30.7 Å². The largest absolute Gasteiger partial charge is 0.396 e. The first-order valence-electron chi connectivity index (χ1n) is 10.9. The summed E-state index contributed by atoms with van der Waals surface area (Å²) in [4.78, 5) is 8.61. The molecule has 0 saturated carbocycles. The summed E-state index contributed by atoms with van der Waals surface area (Å²) in [6.45, 7) is 3.51. The molecule has 1 fully saturated rings. The number of aliphatic hydroxyl groups excluding tert-OH is 1. The molecule has 1 unspecified atom stereocenters. The first-order valence-corrected chi connectivity index (χ1v) is 12.2. The highest BCUT2D eigenvalue weighted by atomic mass is 32.2. The fraction of sp³-hybridized carbons (Fsp3) is 0.400. The molecular formula is C25H30FN3OS. The standard InChI is InChI=1S/C25H30FN3OS/c1-31-23-8-7-20-13-21(15-27-10-9-18-4-2-6-22(26)12-18)25(28-24(20)14-23)29-11-3-5-19(16-29)17-30/h2,4,6-8,12-14,19,27,30H,3,5,9-11,15-17H2,1H3. The number of nitrogens with one attached hydrogen (secondary N) is 1. The fourth-order valence-corrected chi connectivity index (χ4v) is 4.70. The number of piperidine rings is 1. The van der Waals surface area contributed by atoms with Crippen molar-refractivity contribution < 1.29 is 9.50 Å². The topological polar surface area (TPSA) is 48.4 Å². The van der Waals surface area contributed by atoms with Gasteiger partial charge in [-0.3, -0.25) is 0 Å². The molecule has 2 aromatic carbocycles. The third-order valence-corrected chi connectivity index (χ3v) is 6.68. The van der Waals surface area contributed by atoms with Gasteiger partial charge in [-0.15, -0.1) is 11.8 Å². The predicted molar refractivity (Wildman–Crippen MR) is 127 cm³/mol. The summed E-state index contributed by atoms with van der Waals surface area (Å²) in [5.74, 6) is 1.13. The molecule has 0 spiro atoms. The number of halogens is 1. The fourth-order valence-electron chi connectivity index (χ4n) is 4.27. The van der Waals surface area contributed by atoms with Crippen LogP contribution in [0.4, 0.5) is 10.2 Å². The summed E-state index contributed by atoms with van der Waals surface area (Å²) >= 11 is 1.72. The molecule has 2 heterocycles. The number of aromatic nitrogens is 1. The van der Waals surface area contributed by atoms with Crippen LogP contribution in [0.3, 0.4) is 0 Å². The number of aliphatic hydroxyl groups is 1. The van der Waals surface area contributed by atoms with Crippen molar-refractivity contribution in [3.05, 3.63) is 65.5 Å². The van der Waals surface area contributed by atoms with Crippen LogP contribution < -0.4 is 10.2 Å². The van der Waals surface area contributed by atoms with Crippen LogP contribution >= 0.6 is 11.8 Å². The number of fused-ring (bicyclic) bond motifs is 1. The Bertz CT molecular complexity index is 1030. The Labute approximate surface area is 187 Å². The van der Waals surface area contributed by atoms with Crippen LogP contribution in [-0.4, -0.2) is 42.6 Å². The molecule has 1 saturated heterocycles. The average Bonchev–Trinajstić information content (AvgIpc) is 2.81. The van der Waals surface area contributed by atoms with E-state index < -0.39 is 0 Å². The average molecular weight is 440 g/mol. The Morgan fingerprint density at radius 3 is 2.94 bits per heavy atom. The molecule has 4 nitrogen and oxygen atoms in total. The van der Waals surface area contributed by atoms with Crippen LogP contribution in [-0.2, 0) is 13.0 Å². The van der Waals surface area contributed by atoms with E-state index in [0.717, 1.165) is 61.2 Å². The highest BCUT2D eigenvalue weighted by molar-refractivity contribution is 7.98. The molecule has 0 amide bonds. The summed E-state index contributed by atoms with van der Waals surface area (Å²) in [5, 5.41) is 14.3. The molecule has 0 radical (unpaired) electrons. The number of pyridine rings is 1. The molecule has 0 bridgehead atoms. The number of hydrogen-bond acceptors (Lipinski definition) is 5. The molecule has 1 atom stereocenters. The Hall–Kier alpha value is -2.15. The molecule has 0 aliphatic carbocycles. The normalized spacial score (nSPS) is 16.7. The van der Waals surface area contributed by atoms with Crippen LogP contribution in [0.2, 0.25) is 0 Å². The summed E-state index contributed by atoms with van der Waals surface area (Å²) in [6, 6.07) is 15.4. The van der Waals surface area contributed by atoms with Crippen LogP contribution in [0.1, 0.15) is 24.0 Å². The van der Waals surface area contributed by atoms with Crippen molar-refractivity contribution in [3.63, 3.8) is 0 Å². The lowest BCUT2D eigenvalue weighted by Gasteiger charge is -2.34. The zero-order valence-corrected chi connectivity index (χ0v) is 18.8. The summed E-state index contributed by atoms with van der Waals surface area (Å²) in [5.41, 5.74) is 3.18. The number of hydrogen-bond donors (Lipinski definition) is 2. The van der Waals surface area contributed by atoms with Gasteiger partial charge >= 0.3 is 0 Å². The number of benzene rings is 2. The summed E-state index contributed by atoms with van der Waals surface area (Å²) in [6.07, 6.45) is 5.00. The van der Waals surface area contributed by atoms with Gasteiger partial charge in [0, 0.05) is 42.1 Å². The van der Waals surface area contributed by atoms with E-state index in [1.807, 2.05) is 6.07 Å². The first-order chi connectivity index (χ1) is 15.2. The van der Waals surface area contributed by atoms with E-state index in [4.69, 9.17) is 4.98 Å². The minimum Gasteiger partial charge on any atom is -0.396 e. The Morgan fingerprint density at radius 2 is 2.13 bits per heavy atom. The van der Waals surface area contributed by atoms with E-state index in [-0.39, 0.29) is 12.4 Å². The molecule has 4 rings (SSSR count). The van der Waals surface area contributed by atoms with Crippen molar-refractivity contribution in [1.82, 2.24) is 10.3 Å². The third kappa shape index (κ3) is 5.56. The van der Waals surface area contributed by atoms with E-state index in [0.29, 0.717) is 12.5 Å². The quantitative estimate of drug-likeness (QED) is 0.396. The second kappa shape index (κ2) is 10.4. The molecule has 2 N–H and O–H groups in total. The van der Waals surface area contributed by atoms with E-state index in [1.165, 1.54) is 16.5 Å². The predicted octanol–water partition coefficient (Wildman–Crippen LogP) is 4.64. The number of rotatable bonds is 8. The highest BCUT2D eigenvalue weighted by Crippen LogP contribution is 2.29. The number of nitrogens with zero attached hydrogens (tertiary/aromatic N) is 2. The lowest BCUT2D eigenvalue weighted by atomic mass is 9.98. The molecule has 31 heavy (non-hydrogen) atoms. The van der Waals surface area contributed by atoms with Gasteiger partial charge in [0.15, 0.2) is 0 Å². The third-order valence-electron chi connectivity index (χ3n) is 5.95. The van der Waals surface area contributed by atoms with Gasteiger partial charge < -0.3 is 15.3 Å². The van der Waals surface area contributed by atoms with Crippen molar-refractivity contribution in [2.75, 3.05) is 37.4 Å². The van der Waals surface area contributed by atoms with E-state index >= 15 is 0 Å². The van der Waals surface area contributed by atoms with E-state index in [1.54, 1.807) is 23.9 Å². The van der Waals surface area contributed by atoms with Gasteiger partial charge in [0.25, 0.3) is 0 Å². The SMILES string of the molecule is CSc1ccc2cc(CNCCc3cccc(F)c3)c(N3CCCC(CO)C3)nc2c1. The van der Waals surface area contributed by atoms with Gasteiger partial charge in [0.05, 0.1) is 5.52 Å². The first kappa shape index (κ1) is 22.1. The van der Waals surface area contributed by atoms with Crippen LogP contribution in [0.5, 0.6) is 0 Å². The van der Waals surface area contributed by atoms with Gasteiger partial charge in [-0.05, 0) is 73.9 Å². The Balaban J connectivity index is 1.54. The zero-order valence-electron chi connectivity index (χ0n) is 18.0.